The molecule has 1 aliphatic carbocycles. The summed E-state index contributed by atoms with van der Waals surface area (Å²) in [5.41, 5.74) is -1.24. The maximum absolute atomic E-state index is 14.7. The number of rotatable bonds is 4. The molecule has 4 rings (SSSR count). The van der Waals surface area contributed by atoms with Crippen LogP contribution >= 0.6 is 0 Å². The number of carbonyl (C=O) groups excluding carboxylic acids is 1. The zero-order valence-electron chi connectivity index (χ0n) is 17.8. The summed E-state index contributed by atoms with van der Waals surface area (Å²) in [7, 11) is 0. The number of aromatic nitrogens is 3. The number of benzene rings is 1. The fourth-order valence-electron chi connectivity index (χ4n) is 4.32. The van der Waals surface area contributed by atoms with Gasteiger partial charge in [0.2, 0.25) is 0 Å². The van der Waals surface area contributed by atoms with Gasteiger partial charge in [-0.05, 0) is 61.8 Å². The number of amides is 1. The Morgan fingerprint density at radius 2 is 1.88 bits per heavy atom. The van der Waals surface area contributed by atoms with Crippen LogP contribution in [0.3, 0.4) is 0 Å². The van der Waals surface area contributed by atoms with E-state index in [9.17, 15) is 22.4 Å². The minimum atomic E-state index is -4.66. The lowest BCUT2D eigenvalue weighted by Gasteiger charge is -2.30. The molecule has 1 amide bonds. The van der Waals surface area contributed by atoms with Crippen molar-refractivity contribution in [3.8, 4) is 0 Å². The van der Waals surface area contributed by atoms with Crippen LogP contribution in [0.1, 0.15) is 61.8 Å². The molecule has 0 saturated heterocycles. The fraction of sp³-hybridized carbons (Fsp3) is 0.435. The van der Waals surface area contributed by atoms with Crippen molar-refractivity contribution in [1.29, 1.82) is 0 Å². The lowest BCUT2D eigenvalue weighted by molar-refractivity contribution is -0.141. The monoisotopic (exact) mass is 448 g/mol. The summed E-state index contributed by atoms with van der Waals surface area (Å²) in [6.07, 6.45) is 1.26. The van der Waals surface area contributed by atoms with Crippen molar-refractivity contribution in [2.24, 2.45) is 11.8 Å². The number of alkyl halides is 3. The minimum Gasteiger partial charge on any atom is -0.321 e. The third kappa shape index (κ3) is 4.61. The van der Waals surface area contributed by atoms with Gasteiger partial charge in [0.25, 0.3) is 5.91 Å². The summed E-state index contributed by atoms with van der Waals surface area (Å²) in [6, 6.07) is 5.93. The van der Waals surface area contributed by atoms with Gasteiger partial charge in [-0.15, -0.1) is 0 Å². The molecule has 3 aromatic rings. The number of nitrogens with zero attached hydrogens (tertiary/aromatic N) is 3. The highest BCUT2D eigenvalue weighted by molar-refractivity contribution is 6.03. The number of hydrogen-bond acceptors (Lipinski definition) is 3. The molecule has 1 fully saturated rings. The van der Waals surface area contributed by atoms with Gasteiger partial charge in [0.15, 0.2) is 5.82 Å². The third-order valence-electron chi connectivity index (χ3n) is 6.17. The molecule has 1 aromatic carbocycles. The number of pyridine rings is 1. The van der Waals surface area contributed by atoms with Crippen molar-refractivity contribution in [3.05, 3.63) is 53.7 Å². The fourth-order valence-corrected chi connectivity index (χ4v) is 4.32. The number of carbonyl (C=O) groups is 1. The molecule has 1 N–H and O–H groups in total. The highest BCUT2D eigenvalue weighted by Crippen LogP contribution is 2.36. The maximum atomic E-state index is 14.7. The van der Waals surface area contributed by atoms with E-state index in [0.29, 0.717) is 17.2 Å². The zero-order chi connectivity index (χ0) is 23.0. The second-order valence-electron chi connectivity index (χ2n) is 8.68. The van der Waals surface area contributed by atoms with Crippen molar-refractivity contribution in [2.75, 3.05) is 5.32 Å². The largest absolute Gasteiger partial charge is 0.433 e. The van der Waals surface area contributed by atoms with Gasteiger partial charge in [-0.1, -0.05) is 19.9 Å². The first kappa shape index (κ1) is 22.2. The van der Waals surface area contributed by atoms with E-state index in [1.165, 1.54) is 6.07 Å². The van der Waals surface area contributed by atoms with Gasteiger partial charge in [-0.25, -0.2) is 9.37 Å². The van der Waals surface area contributed by atoms with Gasteiger partial charge in [-0.3, -0.25) is 9.48 Å². The Hall–Kier alpha value is -2.97. The summed E-state index contributed by atoms with van der Waals surface area (Å²) in [5.74, 6) is -0.125. The maximum Gasteiger partial charge on any atom is 0.433 e. The molecule has 0 unspecified atom stereocenters. The Labute approximate surface area is 182 Å². The lowest BCUT2D eigenvalue weighted by Crippen LogP contribution is -2.21. The van der Waals surface area contributed by atoms with Crippen molar-refractivity contribution >= 4 is 22.5 Å². The molecule has 0 radical (unpaired) electrons. The molecule has 2 heterocycles. The average molecular weight is 448 g/mol. The van der Waals surface area contributed by atoms with E-state index in [1.54, 1.807) is 16.9 Å². The molecule has 5 nitrogen and oxygen atoms in total. The van der Waals surface area contributed by atoms with Gasteiger partial charge in [0, 0.05) is 17.3 Å². The minimum absolute atomic E-state index is 0.127. The van der Waals surface area contributed by atoms with Crippen LogP contribution in [0.2, 0.25) is 0 Å². The first-order valence-electron chi connectivity index (χ1n) is 10.7. The van der Waals surface area contributed by atoms with Gasteiger partial charge in [-0.2, -0.15) is 18.3 Å². The number of halogens is 4. The molecular formula is C23H24F4N4O. The Bertz CT molecular complexity index is 1130. The number of anilines is 1. The van der Waals surface area contributed by atoms with Crippen molar-refractivity contribution in [3.63, 3.8) is 0 Å². The quantitative estimate of drug-likeness (QED) is 0.482. The second-order valence-corrected chi connectivity index (χ2v) is 8.68. The molecule has 32 heavy (non-hydrogen) atoms. The zero-order valence-corrected chi connectivity index (χ0v) is 17.8. The van der Waals surface area contributed by atoms with E-state index in [4.69, 9.17) is 0 Å². The molecular weight excluding hydrogens is 424 g/mol. The molecule has 1 aliphatic rings. The first-order valence-corrected chi connectivity index (χ1v) is 10.7. The molecule has 1 saturated carbocycles. The summed E-state index contributed by atoms with van der Waals surface area (Å²) in [5, 5.41) is 7.36. The molecule has 0 spiro atoms. The highest BCUT2D eigenvalue weighted by Gasteiger charge is 2.33. The Morgan fingerprint density at radius 3 is 2.53 bits per heavy atom. The Balaban J connectivity index is 1.53. The van der Waals surface area contributed by atoms with E-state index in [-0.39, 0.29) is 17.2 Å². The number of nitrogens with one attached hydrogen (secondary N) is 1. The lowest BCUT2D eigenvalue weighted by atomic mass is 9.80. The van der Waals surface area contributed by atoms with Crippen LogP contribution in [0.5, 0.6) is 0 Å². The standard InChI is InChI=1S/C23H24F4N4O/c1-13(2)14-6-8-17(9-7-14)31-12-15-10-16(11-18(24)21(15)30-31)28-22(32)19-4-3-5-20(29-19)23(25,26)27/h3-5,10-14,17H,6-9H2,1-2H3,(H,28,32). The first-order chi connectivity index (χ1) is 15.1. The van der Waals surface area contributed by atoms with E-state index in [2.05, 4.69) is 29.2 Å². The van der Waals surface area contributed by atoms with E-state index in [1.807, 2.05) is 0 Å². The Morgan fingerprint density at radius 1 is 1.16 bits per heavy atom. The predicted molar refractivity (Wildman–Crippen MR) is 113 cm³/mol. The van der Waals surface area contributed by atoms with Crippen LogP contribution in [0.15, 0.2) is 36.5 Å². The SMILES string of the molecule is CC(C)C1CCC(n2cc3cc(NC(=O)c4cccc(C(F)(F)F)n4)cc(F)c3n2)CC1. The molecule has 0 atom stereocenters. The molecule has 9 heteroatoms. The third-order valence-corrected chi connectivity index (χ3v) is 6.17. The van der Waals surface area contributed by atoms with Gasteiger partial charge >= 0.3 is 6.18 Å². The molecule has 0 bridgehead atoms. The van der Waals surface area contributed by atoms with Crippen LogP contribution in [0.4, 0.5) is 23.2 Å². The van der Waals surface area contributed by atoms with Crippen LogP contribution in [0, 0.1) is 17.7 Å². The highest BCUT2D eigenvalue weighted by atomic mass is 19.4. The van der Waals surface area contributed by atoms with Crippen molar-refractivity contribution < 1.29 is 22.4 Å². The number of fused-ring (bicyclic) bond motifs is 1. The summed E-state index contributed by atoms with van der Waals surface area (Å²) >= 11 is 0. The van der Waals surface area contributed by atoms with Gasteiger partial charge < -0.3 is 5.32 Å². The predicted octanol–water partition coefficient (Wildman–Crippen LogP) is 6.23. The molecule has 0 aliphatic heterocycles. The second kappa shape index (κ2) is 8.52. The summed E-state index contributed by atoms with van der Waals surface area (Å²) in [4.78, 5) is 15.8. The smallest absolute Gasteiger partial charge is 0.321 e. The average Bonchev–Trinajstić information content (AvgIpc) is 3.18. The normalized spacial score (nSPS) is 19.5. The van der Waals surface area contributed by atoms with E-state index < -0.39 is 29.3 Å². The Kier molecular flexibility index (Phi) is 5.92. The molecule has 170 valence electrons. The van der Waals surface area contributed by atoms with Gasteiger partial charge in [0.05, 0.1) is 6.04 Å². The van der Waals surface area contributed by atoms with Crippen molar-refractivity contribution in [2.45, 2.75) is 51.7 Å². The molecule has 2 aromatic heterocycles. The van der Waals surface area contributed by atoms with E-state index >= 15 is 0 Å². The summed E-state index contributed by atoms with van der Waals surface area (Å²) < 4.78 is 55.0. The summed E-state index contributed by atoms with van der Waals surface area (Å²) in [6.45, 7) is 4.46. The van der Waals surface area contributed by atoms with Crippen LogP contribution < -0.4 is 5.32 Å². The number of hydrogen-bond donors (Lipinski definition) is 1. The van der Waals surface area contributed by atoms with Crippen molar-refractivity contribution in [1.82, 2.24) is 14.8 Å². The van der Waals surface area contributed by atoms with Crippen LogP contribution in [-0.4, -0.2) is 20.7 Å². The van der Waals surface area contributed by atoms with Crippen LogP contribution in [-0.2, 0) is 6.18 Å². The van der Waals surface area contributed by atoms with E-state index in [0.717, 1.165) is 43.9 Å². The topological polar surface area (TPSA) is 59.8 Å². The van der Waals surface area contributed by atoms with Gasteiger partial charge in [0.1, 0.15) is 16.9 Å². The van der Waals surface area contributed by atoms with Crippen LogP contribution in [0.25, 0.3) is 10.9 Å².